The third-order valence-corrected chi connectivity index (χ3v) is 7.20. The number of benzene rings is 2. The van der Waals surface area contributed by atoms with Crippen LogP contribution in [0.1, 0.15) is 25.5 Å². The minimum atomic E-state index is -0.554. The second kappa shape index (κ2) is 9.42. The highest BCUT2D eigenvalue weighted by Gasteiger charge is 2.26. The van der Waals surface area contributed by atoms with Crippen LogP contribution in [-0.4, -0.2) is 45.9 Å². The normalized spacial score (nSPS) is 15.4. The van der Waals surface area contributed by atoms with Gasteiger partial charge in [0.1, 0.15) is 11.6 Å². The third-order valence-electron chi connectivity index (χ3n) is 5.99. The summed E-state index contributed by atoms with van der Waals surface area (Å²) in [5.41, 5.74) is 2.47. The zero-order valence-corrected chi connectivity index (χ0v) is 19.9. The predicted molar refractivity (Wildman–Crippen MR) is 131 cm³/mol. The Balaban J connectivity index is 1.21. The maximum absolute atomic E-state index is 13.3. The standard InChI is InChI=1S/C25H26FN5O2S/c1-16-22-23(31(29-16)20-10-8-18(26)9-11-20)28-25(34-22)30-14-12-19(13-15-30)27-24(32)17(2)33-21-6-4-3-5-7-21/h3-11,17,19H,12-15H2,1-2H3,(H,27,32)/t17-/m1/s1. The number of fused-ring (bicyclic) bond motifs is 1. The number of carbonyl (C=O) groups excluding carboxylic acids is 1. The van der Waals surface area contributed by atoms with E-state index in [1.807, 2.05) is 37.3 Å². The lowest BCUT2D eigenvalue weighted by Gasteiger charge is -2.32. The number of nitrogens with zero attached hydrogens (tertiary/aromatic N) is 4. The fourth-order valence-electron chi connectivity index (χ4n) is 4.11. The number of halogens is 1. The first-order valence-corrected chi connectivity index (χ1v) is 12.2. The Kier molecular flexibility index (Phi) is 6.19. The Morgan fingerprint density at radius 2 is 1.85 bits per heavy atom. The molecule has 0 bridgehead atoms. The van der Waals surface area contributed by atoms with Crippen LogP contribution >= 0.6 is 11.3 Å². The number of anilines is 1. The van der Waals surface area contributed by atoms with Crippen molar-refractivity contribution in [3.05, 3.63) is 66.1 Å². The van der Waals surface area contributed by atoms with Gasteiger partial charge in [-0.2, -0.15) is 10.1 Å². The highest BCUT2D eigenvalue weighted by Crippen LogP contribution is 2.33. The Bertz CT molecular complexity index is 1280. The quantitative estimate of drug-likeness (QED) is 0.441. The number of thiazole rings is 1. The van der Waals surface area contributed by atoms with Gasteiger partial charge in [-0.25, -0.2) is 9.07 Å². The van der Waals surface area contributed by atoms with Crippen molar-refractivity contribution < 1.29 is 13.9 Å². The maximum Gasteiger partial charge on any atom is 0.260 e. The van der Waals surface area contributed by atoms with Gasteiger partial charge in [-0.3, -0.25) is 4.79 Å². The zero-order valence-electron chi connectivity index (χ0n) is 19.1. The number of hydrogen-bond acceptors (Lipinski definition) is 6. The van der Waals surface area contributed by atoms with Crippen molar-refractivity contribution in [2.24, 2.45) is 0 Å². The van der Waals surface area contributed by atoms with Crippen LogP contribution in [0.5, 0.6) is 5.75 Å². The third kappa shape index (κ3) is 4.61. The summed E-state index contributed by atoms with van der Waals surface area (Å²) in [5.74, 6) is 0.307. The van der Waals surface area contributed by atoms with Crippen LogP contribution in [0.3, 0.4) is 0 Å². The minimum absolute atomic E-state index is 0.0997. The number of amides is 1. The molecule has 1 aliphatic rings. The SMILES string of the molecule is Cc1nn(-c2ccc(F)cc2)c2nc(N3CCC(NC(=O)[C@@H](C)Oc4ccccc4)CC3)sc12. The van der Waals surface area contributed by atoms with Gasteiger partial charge in [0.05, 0.1) is 16.1 Å². The van der Waals surface area contributed by atoms with E-state index in [1.54, 1.807) is 35.1 Å². The lowest BCUT2D eigenvalue weighted by atomic mass is 10.1. The molecule has 0 saturated carbocycles. The van der Waals surface area contributed by atoms with E-state index in [1.165, 1.54) is 12.1 Å². The summed E-state index contributed by atoms with van der Waals surface area (Å²) >= 11 is 1.62. The molecule has 176 valence electrons. The highest BCUT2D eigenvalue weighted by molar-refractivity contribution is 7.22. The molecular formula is C25H26FN5O2S. The number of hydrogen-bond donors (Lipinski definition) is 1. The monoisotopic (exact) mass is 479 g/mol. The number of aromatic nitrogens is 3. The molecule has 1 aliphatic heterocycles. The fourth-order valence-corrected chi connectivity index (χ4v) is 5.15. The van der Waals surface area contributed by atoms with E-state index in [0.29, 0.717) is 5.75 Å². The van der Waals surface area contributed by atoms with E-state index < -0.39 is 6.10 Å². The molecule has 0 unspecified atom stereocenters. The summed E-state index contributed by atoms with van der Waals surface area (Å²) in [6.45, 7) is 5.34. The second-order valence-corrected chi connectivity index (χ2v) is 9.44. The predicted octanol–water partition coefficient (Wildman–Crippen LogP) is 4.48. The van der Waals surface area contributed by atoms with Crippen LogP contribution in [0.2, 0.25) is 0 Å². The van der Waals surface area contributed by atoms with Crippen LogP contribution in [0.4, 0.5) is 9.52 Å². The van der Waals surface area contributed by atoms with Gasteiger partial charge >= 0.3 is 0 Å². The Morgan fingerprint density at radius 3 is 2.56 bits per heavy atom. The highest BCUT2D eigenvalue weighted by atomic mass is 32.1. The lowest BCUT2D eigenvalue weighted by molar-refractivity contribution is -0.128. The molecule has 5 rings (SSSR count). The molecule has 0 radical (unpaired) electrons. The number of carbonyl (C=O) groups is 1. The molecule has 1 atom stereocenters. The molecule has 34 heavy (non-hydrogen) atoms. The maximum atomic E-state index is 13.3. The van der Waals surface area contributed by atoms with E-state index in [-0.39, 0.29) is 17.8 Å². The first kappa shape index (κ1) is 22.3. The van der Waals surface area contributed by atoms with Crippen LogP contribution < -0.4 is 15.0 Å². The summed E-state index contributed by atoms with van der Waals surface area (Å²) in [6.07, 6.45) is 1.12. The molecule has 0 spiro atoms. The van der Waals surface area contributed by atoms with Gasteiger partial charge in [0, 0.05) is 19.1 Å². The van der Waals surface area contributed by atoms with Crippen LogP contribution in [0.15, 0.2) is 54.6 Å². The van der Waals surface area contributed by atoms with E-state index in [9.17, 15) is 9.18 Å². The van der Waals surface area contributed by atoms with Gasteiger partial charge in [0.2, 0.25) is 0 Å². The van der Waals surface area contributed by atoms with E-state index in [0.717, 1.165) is 52.8 Å². The largest absolute Gasteiger partial charge is 0.481 e. The van der Waals surface area contributed by atoms with Crippen molar-refractivity contribution in [1.29, 1.82) is 0 Å². The summed E-state index contributed by atoms with van der Waals surface area (Å²) in [6, 6.07) is 15.7. The van der Waals surface area contributed by atoms with E-state index in [4.69, 9.17) is 9.72 Å². The molecule has 1 N–H and O–H groups in total. The molecule has 7 nitrogen and oxygen atoms in total. The van der Waals surface area contributed by atoms with Crippen molar-refractivity contribution in [2.75, 3.05) is 18.0 Å². The Hall–Kier alpha value is -3.46. The van der Waals surface area contributed by atoms with Crippen LogP contribution in [0, 0.1) is 12.7 Å². The number of ether oxygens (including phenoxy) is 1. The van der Waals surface area contributed by atoms with Crippen molar-refractivity contribution in [3.8, 4) is 11.4 Å². The number of para-hydroxylation sites is 1. The lowest BCUT2D eigenvalue weighted by Crippen LogP contribution is -2.48. The number of rotatable bonds is 6. The van der Waals surface area contributed by atoms with Crippen molar-refractivity contribution >= 4 is 32.7 Å². The van der Waals surface area contributed by atoms with Gasteiger partial charge in [0.25, 0.3) is 5.91 Å². The number of nitrogens with one attached hydrogen (secondary N) is 1. The van der Waals surface area contributed by atoms with Gasteiger partial charge in [-0.15, -0.1) is 0 Å². The number of aryl methyl sites for hydroxylation is 1. The molecule has 0 aliphatic carbocycles. The van der Waals surface area contributed by atoms with Crippen molar-refractivity contribution in [1.82, 2.24) is 20.1 Å². The molecule has 4 aromatic rings. The topological polar surface area (TPSA) is 72.3 Å². The Labute approximate surface area is 201 Å². The molecule has 2 aromatic heterocycles. The molecular weight excluding hydrogens is 453 g/mol. The number of piperidine rings is 1. The van der Waals surface area contributed by atoms with Crippen LogP contribution in [0.25, 0.3) is 16.0 Å². The molecule has 3 heterocycles. The molecule has 1 fully saturated rings. The average molecular weight is 480 g/mol. The molecule has 1 saturated heterocycles. The summed E-state index contributed by atoms with van der Waals surface area (Å²) < 4.78 is 21.9. The van der Waals surface area contributed by atoms with E-state index in [2.05, 4.69) is 15.3 Å². The first-order valence-electron chi connectivity index (χ1n) is 11.4. The van der Waals surface area contributed by atoms with Crippen LogP contribution in [-0.2, 0) is 4.79 Å². The minimum Gasteiger partial charge on any atom is -0.481 e. The summed E-state index contributed by atoms with van der Waals surface area (Å²) in [4.78, 5) is 19.7. The molecule has 9 heteroatoms. The average Bonchev–Trinajstić information content (AvgIpc) is 3.41. The first-order chi connectivity index (χ1) is 16.5. The Morgan fingerprint density at radius 1 is 1.15 bits per heavy atom. The fraction of sp³-hybridized carbons (Fsp3) is 0.320. The van der Waals surface area contributed by atoms with Crippen molar-refractivity contribution in [2.45, 2.75) is 38.8 Å². The summed E-state index contributed by atoms with van der Waals surface area (Å²) in [5, 5.41) is 8.66. The van der Waals surface area contributed by atoms with Gasteiger partial charge in [-0.05, 0) is 63.1 Å². The van der Waals surface area contributed by atoms with Crippen molar-refractivity contribution in [3.63, 3.8) is 0 Å². The van der Waals surface area contributed by atoms with Gasteiger partial charge in [-0.1, -0.05) is 29.5 Å². The van der Waals surface area contributed by atoms with E-state index >= 15 is 0 Å². The molecule has 1 amide bonds. The molecule has 2 aromatic carbocycles. The second-order valence-electron chi connectivity index (χ2n) is 8.47. The zero-order chi connectivity index (χ0) is 23.7. The summed E-state index contributed by atoms with van der Waals surface area (Å²) in [7, 11) is 0. The smallest absolute Gasteiger partial charge is 0.260 e. The van der Waals surface area contributed by atoms with Gasteiger partial charge in [0.15, 0.2) is 16.9 Å². The van der Waals surface area contributed by atoms with Gasteiger partial charge < -0.3 is 15.0 Å².